The fraction of sp³-hybridized carbons (Fsp3) is 0.909. The Balaban J connectivity index is 3.87. The van der Waals surface area contributed by atoms with Crippen LogP contribution >= 0.6 is 0 Å². The van der Waals surface area contributed by atoms with Crippen LogP contribution in [0, 0.1) is 5.41 Å². The Morgan fingerprint density at radius 2 is 1.93 bits per heavy atom. The molecule has 0 rings (SSSR count). The van der Waals surface area contributed by atoms with Crippen LogP contribution in [0.2, 0.25) is 0 Å². The van der Waals surface area contributed by atoms with Gasteiger partial charge in [-0.25, -0.2) is 4.79 Å². The van der Waals surface area contributed by atoms with E-state index in [1.165, 1.54) is 6.42 Å². The maximum Gasteiger partial charge on any atom is 0.332 e. The molecule has 0 aliphatic carbocycles. The van der Waals surface area contributed by atoms with Gasteiger partial charge in [0.1, 0.15) is 0 Å². The maximum atomic E-state index is 10.5. The first-order chi connectivity index (χ1) is 6.39. The first-order valence-electron chi connectivity index (χ1n) is 5.30. The lowest BCUT2D eigenvalue weighted by atomic mass is 9.81. The zero-order valence-corrected chi connectivity index (χ0v) is 9.42. The molecule has 0 aliphatic heterocycles. The molecule has 1 unspecified atom stereocenters. The second-order valence-electron chi connectivity index (χ2n) is 4.68. The van der Waals surface area contributed by atoms with Gasteiger partial charge >= 0.3 is 5.97 Å². The number of carbonyl (C=O) groups is 1. The number of rotatable bonds is 7. The molecular formula is C11H22O3. The molecule has 0 aliphatic rings. The number of aliphatic hydroxyl groups excluding tert-OH is 1. The van der Waals surface area contributed by atoms with Gasteiger partial charge in [-0.3, -0.25) is 0 Å². The molecule has 0 spiro atoms. The SMILES string of the molecule is CCCCCC(C)(C)CC(O)C(=O)O. The highest BCUT2D eigenvalue weighted by atomic mass is 16.4. The van der Waals surface area contributed by atoms with Gasteiger partial charge in [-0.1, -0.05) is 40.0 Å². The molecule has 0 heterocycles. The van der Waals surface area contributed by atoms with Crippen LogP contribution in [0.4, 0.5) is 0 Å². The summed E-state index contributed by atoms with van der Waals surface area (Å²) in [6.45, 7) is 6.16. The highest BCUT2D eigenvalue weighted by molar-refractivity contribution is 5.71. The van der Waals surface area contributed by atoms with Crippen LogP contribution in [0.3, 0.4) is 0 Å². The van der Waals surface area contributed by atoms with Crippen molar-refractivity contribution in [2.45, 2.75) is 59.0 Å². The Kier molecular flexibility index (Phi) is 5.77. The van der Waals surface area contributed by atoms with Crippen LogP contribution in [0.5, 0.6) is 0 Å². The molecule has 0 aromatic heterocycles. The Bertz CT molecular complexity index is 175. The summed E-state index contributed by atoms with van der Waals surface area (Å²) in [4.78, 5) is 10.5. The van der Waals surface area contributed by atoms with Gasteiger partial charge in [-0.05, 0) is 18.3 Å². The topological polar surface area (TPSA) is 57.5 Å². The van der Waals surface area contributed by atoms with E-state index in [2.05, 4.69) is 6.92 Å². The fourth-order valence-electron chi connectivity index (χ4n) is 1.57. The van der Waals surface area contributed by atoms with Crippen molar-refractivity contribution >= 4 is 5.97 Å². The van der Waals surface area contributed by atoms with Gasteiger partial charge in [0.15, 0.2) is 6.10 Å². The normalized spacial score (nSPS) is 14.0. The molecule has 0 aromatic carbocycles. The third kappa shape index (κ3) is 5.97. The van der Waals surface area contributed by atoms with E-state index in [9.17, 15) is 9.90 Å². The molecule has 3 heteroatoms. The van der Waals surface area contributed by atoms with E-state index >= 15 is 0 Å². The van der Waals surface area contributed by atoms with E-state index in [1.807, 2.05) is 13.8 Å². The molecule has 0 amide bonds. The van der Waals surface area contributed by atoms with Crippen LogP contribution in [0.15, 0.2) is 0 Å². The summed E-state index contributed by atoms with van der Waals surface area (Å²) in [5.74, 6) is -1.12. The molecule has 14 heavy (non-hydrogen) atoms. The van der Waals surface area contributed by atoms with Gasteiger partial charge in [0.2, 0.25) is 0 Å². The average molecular weight is 202 g/mol. The first kappa shape index (κ1) is 13.4. The summed E-state index contributed by atoms with van der Waals surface area (Å²) in [6, 6.07) is 0. The van der Waals surface area contributed by atoms with E-state index < -0.39 is 12.1 Å². The van der Waals surface area contributed by atoms with Gasteiger partial charge in [0.25, 0.3) is 0 Å². The number of unbranched alkanes of at least 4 members (excludes halogenated alkanes) is 2. The summed E-state index contributed by atoms with van der Waals surface area (Å²) >= 11 is 0. The van der Waals surface area contributed by atoms with Gasteiger partial charge in [-0.2, -0.15) is 0 Å². The van der Waals surface area contributed by atoms with Crippen molar-refractivity contribution in [3.8, 4) is 0 Å². The van der Waals surface area contributed by atoms with Crippen molar-refractivity contribution in [1.82, 2.24) is 0 Å². The fourth-order valence-corrected chi connectivity index (χ4v) is 1.57. The zero-order valence-electron chi connectivity index (χ0n) is 9.42. The lowest BCUT2D eigenvalue weighted by Crippen LogP contribution is -2.27. The van der Waals surface area contributed by atoms with Gasteiger partial charge < -0.3 is 10.2 Å². The molecule has 3 nitrogen and oxygen atoms in total. The minimum atomic E-state index is -1.22. The lowest BCUT2D eigenvalue weighted by molar-refractivity contribution is -0.148. The molecule has 0 aromatic rings. The van der Waals surface area contributed by atoms with E-state index in [4.69, 9.17) is 5.11 Å². The minimum Gasteiger partial charge on any atom is -0.479 e. The van der Waals surface area contributed by atoms with Crippen molar-refractivity contribution < 1.29 is 15.0 Å². The van der Waals surface area contributed by atoms with E-state index in [-0.39, 0.29) is 5.41 Å². The average Bonchev–Trinajstić information content (AvgIpc) is 2.03. The maximum absolute atomic E-state index is 10.5. The summed E-state index contributed by atoms with van der Waals surface area (Å²) in [6.07, 6.45) is 3.55. The van der Waals surface area contributed by atoms with Crippen LogP contribution in [-0.2, 0) is 4.79 Å². The number of carboxylic acid groups (broad SMARTS) is 1. The predicted octanol–water partition coefficient (Wildman–Crippen LogP) is 2.43. The Labute approximate surface area is 86.1 Å². The van der Waals surface area contributed by atoms with Gasteiger partial charge in [0, 0.05) is 0 Å². The molecule has 0 fully saturated rings. The molecule has 1 atom stereocenters. The van der Waals surface area contributed by atoms with Crippen LogP contribution in [0.1, 0.15) is 52.9 Å². The molecule has 2 N–H and O–H groups in total. The van der Waals surface area contributed by atoms with Crippen LogP contribution in [-0.4, -0.2) is 22.3 Å². The number of hydrogen-bond acceptors (Lipinski definition) is 2. The monoisotopic (exact) mass is 202 g/mol. The van der Waals surface area contributed by atoms with Crippen LogP contribution < -0.4 is 0 Å². The van der Waals surface area contributed by atoms with E-state index in [0.717, 1.165) is 19.3 Å². The largest absolute Gasteiger partial charge is 0.479 e. The molecule has 0 saturated heterocycles. The van der Waals surface area contributed by atoms with Crippen molar-refractivity contribution in [3.05, 3.63) is 0 Å². The highest BCUT2D eigenvalue weighted by Gasteiger charge is 2.25. The third-order valence-electron chi connectivity index (χ3n) is 2.49. The van der Waals surface area contributed by atoms with E-state index in [0.29, 0.717) is 6.42 Å². The zero-order chi connectivity index (χ0) is 11.2. The standard InChI is InChI=1S/C11H22O3/c1-4-5-6-7-11(2,3)8-9(12)10(13)14/h9,12H,4-8H2,1-3H3,(H,13,14). The predicted molar refractivity (Wildman–Crippen MR) is 56.2 cm³/mol. The van der Waals surface area contributed by atoms with Gasteiger partial charge in [-0.15, -0.1) is 0 Å². The smallest absolute Gasteiger partial charge is 0.332 e. The molecule has 0 saturated carbocycles. The summed E-state index contributed by atoms with van der Waals surface area (Å²) in [5.41, 5.74) is -0.0764. The highest BCUT2D eigenvalue weighted by Crippen LogP contribution is 2.29. The minimum absolute atomic E-state index is 0.0764. The summed E-state index contributed by atoms with van der Waals surface area (Å²) in [5, 5.41) is 17.8. The summed E-state index contributed by atoms with van der Waals surface area (Å²) < 4.78 is 0. The van der Waals surface area contributed by atoms with Crippen molar-refractivity contribution in [3.63, 3.8) is 0 Å². The number of aliphatic hydroxyl groups is 1. The Hall–Kier alpha value is -0.570. The molecule has 0 bridgehead atoms. The molecule has 84 valence electrons. The molecular weight excluding hydrogens is 180 g/mol. The van der Waals surface area contributed by atoms with Crippen molar-refractivity contribution in [2.24, 2.45) is 5.41 Å². The lowest BCUT2D eigenvalue weighted by Gasteiger charge is -2.25. The first-order valence-corrected chi connectivity index (χ1v) is 5.30. The van der Waals surface area contributed by atoms with Crippen molar-refractivity contribution in [1.29, 1.82) is 0 Å². The number of hydrogen-bond donors (Lipinski definition) is 2. The second kappa shape index (κ2) is 6.02. The summed E-state index contributed by atoms with van der Waals surface area (Å²) in [7, 11) is 0. The number of aliphatic carboxylic acids is 1. The van der Waals surface area contributed by atoms with Crippen LogP contribution in [0.25, 0.3) is 0 Å². The Morgan fingerprint density at radius 1 is 1.36 bits per heavy atom. The van der Waals surface area contributed by atoms with E-state index in [1.54, 1.807) is 0 Å². The third-order valence-corrected chi connectivity index (χ3v) is 2.49. The molecule has 0 radical (unpaired) electrons. The second-order valence-corrected chi connectivity index (χ2v) is 4.68. The van der Waals surface area contributed by atoms with Gasteiger partial charge in [0.05, 0.1) is 0 Å². The Morgan fingerprint density at radius 3 is 2.36 bits per heavy atom. The van der Waals surface area contributed by atoms with Crippen molar-refractivity contribution in [2.75, 3.05) is 0 Å². The quantitative estimate of drug-likeness (QED) is 0.623. The number of carboxylic acids is 1.